The Labute approximate surface area is 129 Å². The topological polar surface area (TPSA) is 76.5 Å². The van der Waals surface area contributed by atoms with Gasteiger partial charge in [-0.25, -0.2) is 0 Å². The summed E-state index contributed by atoms with van der Waals surface area (Å²) >= 11 is 0. The fourth-order valence-electron chi connectivity index (χ4n) is 2.52. The fraction of sp³-hybridized carbons (Fsp3) is 0.353. The maximum atomic E-state index is 12.1. The van der Waals surface area contributed by atoms with Gasteiger partial charge in [-0.2, -0.15) is 0 Å². The van der Waals surface area contributed by atoms with Crippen LogP contribution in [0.25, 0.3) is 5.57 Å². The summed E-state index contributed by atoms with van der Waals surface area (Å²) in [6, 6.07) is 9.25. The minimum absolute atomic E-state index is 0.0997. The van der Waals surface area contributed by atoms with E-state index in [1.54, 1.807) is 19.9 Å². The van der Waals surface area contributed by atoms with Crippen molar-refractivity contribution in [2.24, 2.45) is 11.8 Å². The Kier molecular flexibility index (Phi) is 5.09. The molecular weight excluding hydrogens is 282 g/mol. The summed E-state index contributed by atoms with van der Waals surface area (Å²) in [6.07, 6.45) is 1.64. The molecule has 1 aliphatic rings. The Morgan fingerprint density at radius 2 is 1.64 bits per heavy atom. The Morgan fingerprint density at radius 1 is 1.05 bits per heavy atom. The van der Waals surface area contributed by atoms with Crippen LogP contribution in [0.15, 0.2) is 36.4 Å². The van der Waals surface area contributed by atoms with Gasteiger partial charge in [0.2, 0.25) is 0 Å². The first kappa shape index (κ1) is 15.9. The number of carbonyl (C=O) groups excluding carboxylic acids is 2. The van der Waals surface area contributed by atoms with Gasteiger partial charge in [0, 0.05) is 5.57 Å². The molecule has 5 nitrogen and oxygen atoms in total. The van der Waals surface area contributed by atoms with Gasteiger partial charge in [-0.05, 0) is 19.4 Å². The third-order valence-corrected chi connectivity index (χ3v) is 3.49. The number of carbonyl (C=O) groups is 2. The Morgan fingerprint density at radius 3 is 2.23 bits per heavy atom. The fourth-order valence-corrected chi connectivity index (χ4v) is 2.52. The van der Waals surface area contributed by atoms with Gasteiger partial charge in [-0.3, -0.25) is 9.59 Å². The second-order valence-electron chi connectivity index (χ2n) is 4.87. The van der Waals surface area contributed by atoms with Crippen molar-refractivity contribution in [2.75, 3.05) is 13.2 Å². The number of hydrogen-bond acceptors (Lipinski definition) is 5. The number of benzene rings is 1. The maximum absolute atomic E-state index is 12.1. The molecule has 0 amide bonds. The molecule has 0 saturated carbocycles. The third-order valence-electron chi connectivity index (χ3n) is 3.49. The lowest BCUT2D eigenvalue weighted by atomic mass is 9.93. The zero-order valence-corrected chi connectivity index (χ0v) is 12.7. The molecule has 22 heavy (non-hydrogen) atoms. The van der Waals surface area contributed by atoms with E-state index in [9.17, 15) is 9.59 Å². The van der Waals surface area contributed by atoms with Crippen molar-refractivity contribution < 1.29 is 19.1 Å². The predicted octanol–water partition coefficient (Wildman–Crippen LogP) is 2.46. The van der Waals surface area contributed by atoms with E-state index in [1.165, 1.54) is 0 Å². The molecule has 116 valence electrons. The van der Waals surface area contributed by atoms with Crippen molar-refractivity contribution in [1.29, 1.82) is 5.41 Å². The molecule has 0 bridgehead atoms. The van der Waals surface area contributed by atoms with Crippen LogP contribution in [0.3, 0.4) is 0 Å². The average molecular weight is 301 g/mol. The smallest absolute Gasteiger partial charge is 0.316 e. The number of hydrogen-bond donors (Lipinski definition) is 1. The van der Waals surface area contributed by atoms with E-state index >= 15 is 0 Å². The highest BCUT2D eigenvalue weighted by Crippen LogP contribution is 2.35. The lowest BCUT2D eigenvalue weighted by Crippen LogP contribution is -2.33. The first-order valence-electron chi connectivity index (χ1n) is 7.29. The summed E-state index contributed by atoms with van der Waals surface area (Å²) in [5, 5.41) is 8.29. The summed E-state index contributed by atoms with van der Waals surface area (Å²) in [5.74, 6) is -2.81. The minimum atomic E-state index is -0.936. The Bertz CT molecular complexity index is 606. The third kappa shape index (κ3) is 3.08. The van der Waals surface area contributed by atoms with E-state index in [0.717, 1.165) is 5.56 Å². The van der Waals surface area contributed by atoms with Gasteiger partial charge in [0.1, 0.15) is 5.92 Å². The van der Waals surface area contributed by atoms with Crippen molar-refractivity contribution in [3.8, 4) is 0 Å². The molecule has 5 heteroatoms. The SMILES string of the molecule is CCOC(=O)C1C=C(c2ccccc2)C(=N)C1C(=O)OCC. The zero-order chi connectivity index (χ0) is 16.1. The standard InChI is InChI=1S/C17H19NO4/c1-3-21-16(19)13-10-12(11-8-6-5-7-9-11)15(18)14(13)17(20)22-4-2/h5-10,13-14,18H,3-4H2,1-2H3. The molecule has 0 aliphatic heterocycles. The predicted molar refractivity (Wildman–Crippen MR) is 82.4 cm³/mol. The Hall–Kier alpha value is -2.43. The molecular formula is C17H19NO4. The molecule has 0 aromatic heterocycles. The van der Waals surface area contributed by atoms with Crippen LogP contribution in [-0.4, -0.2) is 30.9 Å². The Balaban J connectivity index is 2.37. The van der Waals surface area contributed by atoms with E-state index < -0.39 is 23.8 Å². The monoisotopic (exact) mass is 301 g/mol. The maximum Gasteiger partial charge on any atom is 0.316 e. The lowest BCUT2D eigenvalue weighted by Gasteiger charge is -2.16. The van der Waals surface area contributed by atoms with Crippen LogP contribution in [0, 0.1) is 17.2 Å². The van der Waals surface area contributed by atoms with Gasteiger partial charge < -0.3 is 14.9 Å². The molecule has 2 atom stereocenters. The number of ether oxygens (including phenoxy) is 2. The largest absolute Gasteiger partial charge is 0.466 e. The van der Waals surface area contributed by atoms with Crippen LogP contribution in [0.2, 0.25) is 0 Å². The highest BCUT2D eigenvalue weighted by atomic mass is 16.5. The summed E-state index contributed by atoms with van der Waals surface area (Å²) in [7, 11) is 0. The number of esters is 2. The van der Waals surface area contributed by atoms with E-state index in [-0.39, 0.29) is 18.9 Å². The summed E-state index contributed by atoms with van der Waals surface area (Å²) in [4.78, 5) is 24.3. The van der Waals surface area contributed by atoms with Gasteiger partial charge >= 0.3 is 11.9 Å². The van der Waals surface area contributed by atoms with Crippen LogP contribution in [0.5, 0.6) is 0 Å². The van der Waals surface area contributed by atoms with Crippen LogP contribution in [0.4, 0.5) is 0 Å². The van der Waals surface area contributed by atoms with E-state index in [1.807, 2.05) is 30.3 Å². The van der Waals surface area contributed by atoms with Gasteiger partial charge in [0.25, 0.3) is 0 Å². The molecule has 1 N–H and O–H groups in total. The molecule has 1 aromatic carbocycles. The summed E-state index contributed by atoms with van der Waals surface area (Å²) in [5.41, 5.74) is 1.48. The molecule has 0 fully saturated rings. The normalized spacial score (nSPS) is 20.5. The van der Waals surface area contributed by atoms with Gasteiger partial charge in [0.15, 0.2) is 0 Å². The van der Waals surface area contributed by atoms with Gasteiger partial charge in [0.05, 0.1) is 24.8 Å². The van der Waals surface area contributed by atoms with Crippen molar-refractivity contribution >= 4 is 23.2 Å². The van der Waals surface area contributed by atoms with Crippen molar-refractivity contribution in [3.63, 3.8) is 0 Å². The van der Waals surface area contributed by atoms with E-state index in [0.29, 0.717) is 5.57 Å². The van der Waals surface area contributed by atoms with Crippen LogP contribution >= 0.6 is 0 Å². The van der Waals surface area contributed by atoms with Gasteiger partial charge in [-0.15, -0.1) is 0 Å². The molecule has 1 aromatic rings. The van der Waals surface area contributed by atoms with E-state index in [4.69, 9.17) is 14.9 Å². The summed E-state index contributed by atoms with van der Waals surface area (Å²) in [6.45, 7) is 3.84. The molecule has 0 saturated heterocycles. The molecule has 1 aliphatic carbocycles. The molecule has 0 radical (unpaired) electrons. The van der Waals surface area contributed by atoms with Crippen molar-refractivity contribution in [2.45, 2.75) is 13.8 Å². The summed E-state index contributed by atoms with van der Waals surface area (Å²) < 4.78 is 10.0. The van der Waals surface area contributed by atoms with Crippen molar-refractivity contribution in [1.82, 2.24) is 0 Å². The first-order valence-corrected chi connectivity index (χ1v) is 7.29. The lowest BCUT2D eigenvalue weighted by molar-refractivity contribution is -0.155. The number of nitrogens with one attached hydrogen (secondary N) is 1. The van der Waals surface area contributed by atoms with Crippen LogP contribution in [0.1, 0.15) is 19.4 Å². The van der Waals surface area contributed by atoms with Crippen LogP contribution < -0.4 is 0 Å². The van der Waals surface area contributed by atoms with Crippen LogP contribution in [-0.2, 0) is 19.1 Å². The molecule has 0 spiro atoms. The number of allylic oxidation sites excluding steroid dienone is 1. The quantitative estimate of drug-likeness (QED) is 0.848. The molecule has 2 rings (SSSR count). The van der Waals surface area contributed by atoms with E-state index in [2.05, 4.69) is 0 Å². The first-order chi connectivity index (χ1) is 10.6. The molecule has 0 heterocycles. The zero-order valence-electron chi connectivity index (χ0n) is 12.7. The second kappa shape index (κ2) is 7.02. The minimum Gasteiger partial charge on any atom is -0.466 e. The highest BCUT2D eigenvalue weighted by Gasteiger charge is 2.44. The highest BCUT2D eigenvalue weighted by molar-refractivity contribution is 6.32. The van der Waals surface area contributed by atoms with Crippen molar-refractivity contribution in [3.05, 3.63) is 42.0 Å². The second-order valence-corrected chi connectivity index (χ2v) is 4.87. The average Bonchev–Trinajstić information content (AvgIpc) is 2.86. The molecule has 2 unspecified atom stereocenters. The number of rotatable bonds is 5. The van der Waals surface area contributed by atoms with Gasteiger partial charge in [-0.1, -0.05) is 36.4 Å².